The predicted octanol–water partition coefficient (Wildman–Crippen LogP) is 4.96. The fourth-order valence-electron chi connectivity index (χ4n) is 3.42. The number of benzene rings is 2. The maximum absolute atomic E-state index is 5.56. The lowest BCUT2D eigenvalue weighted by Crippen LogP contribution is -2.32. The quantitative estimate of drug-likeness (QED) is 0.297. The topological polar surface area (TPSA) is 33.1 Å². The molecule has 3 heteroatoms. The summed E-state index contributed by atoms with van der Waals surface area (Å²) in [5.41, 5.74) is 11.6. The summed E-state index contributed by atoms with van der Waals surface area (Å²) in [5, 5.41) is 0. The van der Waals surface area contributed by atoms with Crippen LogP contribution in [0, 0.1) is 6.42 Å². The Morgan fingerprint density at radius 3 is 2.20 bits per heavy atom. The van der Waals surface area contributed by atoms with Crippen molar-refractivity contribution in [3.05, 3.63) is 102 Å². The van der Waals surface area contributed by atoms with Gasteiger partial charge in [-0.05, 0) is 53.4 Å². The summed E-state index contributed by atoms with van der Waals surface area (Å²) in [6.07, 6.45) is 12.3. The lowest BCUT2D eigenvalue weighted by molar-refractivity contribution is -0.690. The van der Waals surface area contributed by atoms with Gasteiger partial charge >= 0.3 is 0 Å². The summed E-state index contributed by atoms with van der Waals surface area (Å²) in [4.78, 5) is 2.12. The normalized spacial score (nSPS) is 11.5. The van der Waals surface area contributed by atoms with E-state index < -0.39 is 0 Å². The molecule has 3 rings (SSSR count). The van der Waals surface area contributed by atoms with E-state index >= 15 is 0 Å². The summed E-state index contributed by atoms with van der Waals surface area (Å²) in [6, 6.07) is 23.7. The molecule has 156 valence electrons. The highest BCUT2D eigenvalue weighted by Crippen LogP contribution is 2.27. The van der Waals surface area contributed by atoms with Crippen LogP contribution in [0.1, 0.15) is 36.0 Å². The minimum absolute atomic E-state index is 0.781. The van der Waals surface area contributed by atoms with E-state index in [4.69, 9.17) is 5.73 Å². The predicted molar refractivity (Wildman–Crippen MR) is 128 cm³/mol. The first kappa shape index (κ1) is 21.8. The molecule has 0 aliphatic rings. The molecule has 3 nitrogen and oxygen atoms in total. The van der Waals surface area contributed by atoms with Gasteiger partial charge in [-0.3, -0.25) is 6.42 Å². The molecule has 0 spiro atoms. The van der Waals surface area contributed by atoms with Crippen LogP contribution in [0.15, 0.2) is 79.1 Å². The summed E-state index contributed by atoms with van der Waals surface area (Å²) < 4.78 is 2.22. The SMILES string of the molecule is CN(C)c1ccc(/C(=C\c2cc[n+](C[CH-]CCCCN)cc2)c2ccccc2)cc1. The molecule has 0 bridgehead atoms. The highest BCUT2D eigenvalue weighted by Gasteiger charge is 2.07. The molecule has 0 saturated carbocycles. The lowest BCUT2D eigenvalue weighted by atomic mass is 9.95. The number of unbranched alkanes of at least 4 members (excludes halogenated alkanes) is 3. The third-order valence-electron chi connectivity index (χ3n) is 5.21. The maximum atomic E-state index is 5.56. The molecular weight excluding hydrogens is 366 g/mol. The summed E-state index contributed by atoms with van der Waals surface area (Å²) >= 11 is 0. The third kappa shape index (κ3) is 6.30. The number of aromatic nitrogens is 1. The van der Waals surface area contributed by atoms with Crippen molar-refractivity contribution in [2.24, 2.45) is 5.73 Å². The zero-order valence-corrected chi connectivity index (χ0v) is 18.2. The Bertz CT molecular complexity index is 911. The first-order chi connectivity index (χ1) is 14.7. The van der Waals surface area contributed by atoms with E-state index in [-0.39, 0.29) is 0 Å². The van der Waals surface area contributed by atoms with Crippen molar-refractivity contribution in [3.8, 4) is 0 Å². The van der Waals surface area contributed by atoms with E-state index in [1.165, 1.54) is 34.4 Å². The lowest BCUT2D eigenvalue weighted by Gasteiger charge is -2.14. The molecule has 0 aliphatic heterocycles. The number of pyridine rings is 1. The molecule has 0 atom stereocenters. The molecule has 0 aliphatic carbocycles. The molecule has 3 aromatic rings. The molecule has 1 heterocycles. The smallest absolute Gasteiger partial charge is 0.166 e. The molecule has 2 aromatic carbocycles. The van der Waals surface area contributed by atoms with Crippen LogP contribution in [-0.4, -0.2) is 20.6 Å². The van der Waals surface area contributed by atoms with Gasteiger partial charge in [0.2, 0.25) is 0 Å². The number of anilines is 1. The maximum Gasteiger partial charge on any atom is 0.166 e. The number of nitrogens with two attached hydrogens (primary N) is 1. The van der Waals surface area contributed by atoms with Gasteiger partial charge in [-0.1, -0.05) is 48.9 Å². The molecule has 0 unspecified atom stereocenters. The van der Waals surface area contributed by atoms with Crippen LogP contribution < -0.4 is 15.2 Å². The van der Waals surface area contributed by atoms with Crippen LogP contribution in [0.25, 0.3) is 11.6 Å². The van der Waals surface area contributed by atoms with Crippen LogP contribution >= 0.6 is 0 Å². The van der Waals surface area contributed by atoms with Crippen molar-refractivity contribution in [2.45, 2.75) is 25.8 Å². The first-order valence-corrected chi connectivity index (χ1v) is 10.7. The summed E-state index contributed by atoms with van der Waals surface area (Å²) in [6.45, 7) is 1.72. The Labute approximate surface area is 181 Å². The molecular formula is C27H33N3. The van der Waals surface area contributed by atoms with Crippen LogP contribution in [-0.2, 0) is 6.54 Å². The molecule has 1 aromatic heterocycles. The van der Waals surface area contributed by atoms with Crippen molar-refractivity contribution in [1.29, 1.82) is 0 Å². The highest BCUT2D eigenvalue weighted by atomic mass is 15.1. The standard InChI is InChI=1S/C27H33N3/c1-29(2)26-14-12-25(13-15-26)27(24-10-6-5-7-11-24)22-23-16-20-30(21-17-23)19-9-4-3-8-18-28/h5-7,9-17,20-22H,3-4,8,18-19,28H2,1-2H3. The van der Waals surface area contributed by atoms with Gasteiger partial charge < -0.3 is 10.6 Å². The molecule has 2 N–H and O–H groups in total. The van der Waals surface area contributed by atoms with Gasteiger partial charge in [0.15, 0.2) is 12.4 Å². The molecule has 0 amide bonds. The monoisotopic (exact) mass is 399 g/mol. The second-order valence-electron chi connectivity index (χ2n) is 7.77. The zero-order chi connectivity index (χ0) is 21.2. The zero-order valence-electron chi connectivity index (χ0n) is 18.2. The van der Waals surface area contributed by atoms with Crippen LogP contribution in [0.2, 0.25) is 0 Å². The van der Waals surface area contributed by atoms with Gasteiger partial charge in [0.05, 0.1) is 0 Å². The Morgan fingerprint density at radius 1 is 0.900 bits per heavy atom. The van der Waals surface area contributed by atoms with Crippen molar-refractivity contribution in [2.75, 3.05) is 25.5 Å². The van der Waals surface area contributed by atoms with Gasteiger partial charge in [-0.25, -0.2) is 4.57 Å². The van der Waals surface area contributed by atoms with Gasteiger partial charge in [0.1, 0.15) is 0 Å². The van der Waals surface area contributed by atoms with Crippen LogP contribution in [0.4, 0.5) is 5.69 Å². The molecule has 0 radical (unpaired) electrons. The van der Waals surface area contributed by atoms with Crippen molar-refractivity contribution >= 4 is 17.3 Å². The van der Waals surface area contributed by atoms with E-state index in [2.05, 4.69) is 115 Å². The number of hydrogen-bond acceptors (Lipinski definition) is 2. The van der Waals surface area contributed by atoms with Crippen molar-refractivity contribution < 1.29 is 4.57 Å². The average molecular weight is 400 g/mol. The molecule has 30 heavy (non-hydrogen) atoms. The fraction of sp³-hybridized carbons (Fsp3) is 0.259. The van der Waals surface area contributed by atoms with Gasteiger partial charge in [-0.15, -0.1) is 0 Å². The molecule has 0 fully saturated rings. The number of hydrogen-bond donors (Lipinski definition) is 1. The van der Waals surface area contributed by atoms with Gasteiger partial charge in [0, 0.05) is 38.5 Å². The van der Waals surface area contributed by atoms with Crippen molar-refractivity contribution in [3.63, 3.8) is 0 Å². The largest absolute Gasteiger partial charge is 0.378 e. The van der Waals surface area contributed by atoms with E-state index in [0.29, 0.717) is 0 Å². The Balaban J connectivity index is 1.80. The molecule has 0 saturated heterocycles. The highest BCUT2D eigenvalue weighted by molar-refractivity contribution is 5.91. The average Bonchev–Trinajstić information content (AvgIpc) is 2.79. The third-order valence-corrected chi connectivity index (χ3v) is 5.21. The minimum atomic E-state index is 0.781. The van der Waals surface area contributed by atoms with E-state index in [1.54, 1.807) is 0 Å². The number of rotatable bonds is 10. The van der Waals surface area contributed by atoms with E-state index in [0.717, 1.165) is 25.9 Å². The Hall–Kier alpha value is -2.91. The fourth-order valence-corrected chi connectivity index (χ4v) is 3.42. The Morgan fingerprint density at radius 2 is 1.57 bits per heavy atom. The number of nitrogens with zero attached hydrogens (tertiary/aromatic N) is 2. The van der Waals surface area contributed by atoms with E-state index in [1.807, 2.05) is 0 Å². The first-order valence-electron chi connectivity index (χ1n) is 10.7. The van der Waals surface area contributed by atoms with E-state index in [9.17, 15) is 0 Å². The second-order valence-corrected chi connectivity index (χ2v) is 7.77. The van der Waals surface area contributed by atoms with Crippen molar-refractivity contribution in [1.82, 2.24) is 0 Å². The summed E-state index contributed by atoms with van der Waals surface area (Å²) in [7, 11) is 4.13. The Kier molecular flexibility index (Phi) is 8.22. The second kappa shape index (κ2) is 11.3. The van der Waals surface area contributed by atoms with Crippen LogP contribution in [0.3, 0.4) is 0 Å². The van der Waals surface area contributed by atoms with Gasteiger partial charge in [0.25, 0.3) is 0 Å². The van der Waals surface area contributed by atoms with Crippen LogP contribution in [0.5, 0.6) is 0 Å². The minimum Gasteiger partial charge on any atom is -0.378 e. The summed E-state index contributed by atoms with van der Waals surface area (Å²) in [5.74, 6) is 0. The van der Waals surface area contributed by atoms with Gasteiger partial charge in [-0.2, -0.15) is 6.42 Å².